The summed E-state index contributed by atoms with van der Waals surface area (Å²) in [5.41, 5.74) is -0.678. The quantitative estimate of drug-likeness (QED) is 0.920. The number of rotatable bonds is 4. The summed E-state index contributed by atoms with van der Waals surface area (Å²) in [6.07, 6.45) is 3.37. The predicted octanol–water partition coefficient (Wildman–Crippen LogP) is 1.81. The van der Waals surface area contributed by atoms with E-state index in [1.54, 1.807) is 11.3 Å². The minimum absolute atomic E-state index is 0.00590. The zero-order valence-corrected chi connectivity index (χ0v) is 12.5. The van der Waals surface area contributed by atoms with Crippen molar-refractivity contribution < 1.29 is 9.59 Å². The van der Waals surface area contributed by atoms with Crippen molar-refractivity contribution in [1.82, 2.24) is 10.2 Å². The summed E-state index contributed by atoms with van der Waals surface area (Å²) in [7, 11) is 0. The summed E-state index contributed by atoms with van der Waals surface area (Å²) in [5.74, 6) is 0.426. The summed E-state index contributed by atoms with van der Waals surface area (Å²) in [5, 5.41) is 5.02. The number of hydrogen-bond acceptors (Lipinski definition) is 3. The maximum atomic E-state index is 12.8. The van der Waals surface area contributed by atoms with Crippen molar-refractivity contribution in [3.05, 3.63) is 22.4 Å². The summed E-state index contributed by atoms with van der Waals surface area (Å²) in [4.78, 5) is 27.8. The first-order valence-electron chi connectivity index (χ1n) is 7.22. The first-order chi connectivity index (χ1) is 9.59. The summed E-state index contributed by atoms with van der Waals surface area (Å²) in [6.45, 7) is 3.14. The SMILES string of the molecule is CC1(C2CC2)NC(=O)CCN(CCc2cccs2)C1=O. The van der Waals surface area contributed by atoms with Gasteiger partial charge in [-0.3, -0.25) is 9.59 Å². The number of amides is 2. The van der Waals surface area contributed by atoms with E-state index in [-0.39, 0.29) is 11.8 Å². The van der Waals surface area contributed by atoms with Crippen molar-refractivity contribution in [3.8, 4) is 0 Å². The molecule has 5 heteroatoms. The van der Waals surface area contributed by atoms with Crippen LogP contribution in [0.5, 0.6) is 0 Å². The molecule has 2 fully saturated rings. The lowest BCUT2D eigenvalue weighted by atomic mass is 9.94. The topological polar surface area (TPSA) is 49.4 Å². The van der Waals surface area contributed by atoms with Crippen LogP contribution in [0.2, 0.25) is 0 Å². The summed E-state index contributed by atoms with van der Waals surface area (Å²) >= 11 is 1.72. The molecular weight excluding hydrogens is 272 g/mol. The molecule has 1 saturated heterocycles. The second kappa shape index (κ2) is 5.20. The van der Waals surface area contributed by atoms with E-state index >= 15 is 0 Å². The van der Waals surface area contributed by atoms with Crippen molar-refractivity contribution in [3.63, 3.8) is 0 Å². The fourth-order valence-corrected chi connectivity index (χ4v) is 3.62. The Balaban J connectivity index is 1.72. The molecule has 0 bridgehead atoms. The summed E-state index contributed by atoms with van der Waals surface area (Å²) in [6, 6.07) is 4.13. The van der Waals surface area contributed by atoms with Crippen LogP contribution in [0.4, 0.5) is 0 Å². The molecule has 1 saturated carbocycles. The second-order valence-electron chi connectivity index (χ2n) is 5.90. The molecule has 1 atom stereocenters. The fourth-order valence-electron chi connectivity index (χ4n) is 2.92. The predicted molar refractivity (Wildman–Crippen MR) is 78.5 cm³/mol. The average molecular weight is 292 g/mol. The van der Waals surface area contributed by atoms with Gasteiger partial charge in [-0.1, -0.05) is 6.07 Å². The van der Waals surface area contributed by atoms with Crippen LogP contribution < -0.4 is 5.32 Å². The van der Waals surface area contributed by atoms with E-state index in [4.69, 9.17) is 0 Å². The first kappa shape index (κ1) is 13.6. The molecule has 2 amide bonds. The van der Waals surface area contributed by atoms with Crippen LogP contribution in [0, 0.1) is 5.92 Å². The Kier molecular flexibility index (Phi) is 3.54. The van der Waals surface area contributed by atoms with Gasteiger partial charge in [0.05, 0.1) is 0 Å². The zero-order valence-electron chi connectivity index (χ0n) is 11.7. The minimum Gasteiger partial charge on any atom is -0.342 e. The maximum Gasteiger partial charge on any atom is 0.248 e. The van der Waals surface area contributed by atoms with Crippen molar-refractivity contribution in [2.45, 2.75) is 38.1 Å². The first-order valence-corrected chi connectivity index (χ1v) is 8.10. The smallest absolute Gasteiger partial charge is 0.248 e. The lowest BCUT2D eigenvalue weighted by Crippen LogP contribution is -2.56. The van der Waals surface area contributed by atoms with Gasteiger partial charge in [-0.05, 0) is 43.6 Å². The number of carbonyl (C=O) groups is 2. The van der Waals surface area contributed by atoms with Crippen molar-refractivity contribution >= 4 is 23.2 Å². The molecule has 1 aliphatic carbocycles. The minimum atomic E-state index is -0.678. The van der Waals surface area contributed by atoms with E-state index in [2.05, 4.69) is 16.8 Å². The number of carbonyl (C=O) groups excluding carboxylic acids is 2. The van der Waals surface area contributed by atoms with Gasteiger partial charge in [0.25, 0.3) is 0 Å². The van der Waals surface area contributed by atoms with Crippen LogP contribution in [0.3, 0.4) is 0 Å². The lowest BCUT2D eigenvalue weighted by Gasteiger charge is -2.32. The number of nitrogens with one attached hydrogen (secondary N) is 1. The molecule has 3 rings (SSSR count). The molecule has 1 N–H and O–H groups in total. The fraction of sp³-hybridized carbons (Fsp3) is 0.600. The molecule has 108 valence electrons. The van der Waals surface area contributed by atoms with Crippen molar-refractivity contribution in [2.75, 3.05) is 13.1 Å². The van der Waals surface area contributed by atoms with Crippen molar-refractivity contribution in [1.29, 1.82) is 0 Å². The van der Waals surface area contributed by atoms with Gasteiger partial charge in [0, 0.05) is 24.4 Å². The number of thiophene rings is 1. The Morgan fingerprint density at radius 3 is 2.90 bits per heavy atom. The molecule has 1 unspecified atom stereocenters. The third-order valence-electron chi connectivity index (χ3n) is 4.34. The normalized spacial score (nSPS) is 27.4. The zero-order chi connectivity index (χ0) is 14.2. The van der Waals surface area contributed by atoms with E-state index in [1.807, 2.05) is 17.9 Å². The highest BCUT2D eigenvalue weighted by Gasteiger charge is 2.50. The molecule has 4 nitrogen and oxygen atoms in total. The molecule has 20 heavy (non-hydrogen) atoms. The second-order valence-corrected chi connectivity index (χ2v) is 6.93. The Morgan fingerprint density at radius 1 is 1.45 bits per heavy atom. The third-order valence-corrected chi connectivity index (χ3v) is 5.28. The monoisotopic (exact) mass is 292 g/mol. The third kappa shape index (κ3) is 2.59. The van der Waals surface area contributed by atoms with Gasteiger partial charge in [-0.15, -0.1) is 11.3 Å². The Labute approximate surface area is 123 Å². The highest BCUT2D eigenvalue weighted by atomic mass is 32.1. The highest BCUT2D eigenvalue weighted by molar-refractivity contribution is 7.09. The van der Waals surface area contributed by atoms with Gasteiger partial charge in [0.15, 0.2) is 0 Å². The highest BCUT2D eigenvalue weighted by Crippen LogP contribution is 2.41. The largest absolute Gasteiger partial charge is 0.342 e. The van der Waals surface area contributed by atoms with Crippen LogP contribution in [0.1, 0.15) is 31.1 Å². The van der Waals surface area contributed by atoms with Gasteiger partial charge in [-0.2, -0.15) is 0 Å². The van der Waals surface area contributed by atoms with Crippen LogP contribution in [0.15, 0.2) is 17.5 Å². The van der Waals surface area contributed by atoms with Gasteiger partial charge in [0.1, 0.15) is 5.54 Å². The van der Waals surface area contributed by atoms with Crippen LogP contribution in [-0.4, -0.2) is 35.3 Å². The molecular formula is C15H20N2O2S. The van der Waals surface area contributed by atoms with Gasteiger partial charge < -0.3 is 10.2 Å². The average Bonchev–Trinajstić information content (AvgIpc) is 3.17. The number of nitrogens with zero attached hydrogens (tertiary/aromatic N) is 1. The molecule has 1 aromatic rings. The molecule has 0 aromatic carbocycles. The maximum absolute atomic E-state index is 12.8. The van der Waals surface area contributed by atoms with E-state index in [9.17, 15) is 9.59 Å². The lowest BCUT2D eigenvalue weighted by molar-refractivity contribution is -0.139. The van der Waals surface area contributed by atoms with E-state index < -0.39 is 5.54 Å². The Bertz CT molecular complexity index is 510. The molecule has 0 radical (unpaired) electrons. The number of hydrogen-bond donors (Lipinski definition) is 1. The standard InChI is InChI=1S/C15H20N2O2S/c1-15(11-4-5-11)14(19)17(9-7-13(18)16-15)8-6-12-3-2-10-20-12/h2-3,10-11H,4-9H2,1H3,(H,16,18). The van der Waals surface area contributed by atoms with Gasteiger partial charge >= 0.3 is 0 Å². The molecule has 2 aliphatic rings. The van der Waals surface area contributed by atoms with E-state index in [1.165, 1.54) is 4.88 Å². The van der Waals surface area contributed by atoms with Gasteiger partial charge in [0.2, 0.25) is 11.8 Å². The molecule has 1 aliphatic heterocycles. The van der Waals surface area contributed by atoms with Crippen LogP contribution >= 0.6 is 11.3 Å². The van der Waals surface area contributed by atoms with E-state index in [0.29, 0.717) is 25.4 Å². The molecule has 2 heterocycles. The Hall–Kier alpha value is -1.36. The summed E-state index contributed by atoms with van der Waals surface area (Å²) < 4.78 is 0. The van der Waals surface area contributed by atoms with Gasteiger partial charge in [-0.25, -0.2) is 0 Å². The molecule has 1 aromatic heterocycles. The molecule has 0 spiro atoms. The van der Waals surface area contributed by atoms with Crippen molar-refractivity contribution in [2.24, 2.45) is 5.92 Å². The van der Waals surface area contributed by atoms with Crippen LogP contribution in [-0.2, 0) is 16.0 Å². The van der Waals surface area contributed by atoms with E-state index in [0.717, 1.165) is 19.3 Å². The Morgan fingerprint density at radius 2 is 2.25 bits per heavy atom. The van der Waals surface area contributed by atoms with Crippen LogP contribution in [0.25, 0.3) is 0 Å².